The number of nitrogens with one attached hydrogen (secondary N) is 1. The molecule has 0 saturated heterocycles. The van der Waals surface area contributed by atoms with Gasteiger partial charge in [-0.3, -0.25) is 9.59 Å². The van der Waals surface area contributed by atoms with Gasteiger partial charge in [-0.1, -0.05) is 30.3 Å². The second kappa shape index (κ2) is 5.51. The van der Waals surface area contributed by atoms with Gasteiger partial charge in [0, 0.05) is 5.69 Å². The summed E-state index contributed by atoms with van der Waals surface area (Å²) in [7, 11) is -4.01. The molecule has 1 aliphatic rings. The van der Waals surface area contributed by atoms with Gasteiger partial charge < -0.3 is 5.32 Å². The summed E-state index contributed by atoms with van der Waals surface area (Å²) in [5.41, 5.74) is 0.623. The van der Waals surface area contributed by atoms with E-state index >= 15 is 0 Å². The Balaban J connectivity index is 1.90. The van der Waals surface area contributed by atoms with Crippen molar-refractivity contribution in [3.63, 3.8) is 0 Å². The highest BCUT2D eigenvalue weighted by atomic mass is 32.2. The molecule has 0 bridgehead atoms. The highest BCUT2D eigenvalue weighted by Gasteiger charge is 2.45. The topological polar surface area (TPSA) is 83.6 Å². The van der Waals surface area contributed by atoms with Crippen LogP contribution in [-0.4, -0.2) is 30.6 Å². The van der Waals surface area contributed by atoms with Crippen LogP contribution in [0.1, 0.15) is 17.3 Å². The molecule has 2 aromatic carbocycles. The van der Waals surface area contributed by atoms with Crippen LogP contribution in [-0.2, 0) is 14.8 Å². The number of anilines is 1. The van der Waals surface area contributed by atoms with Crippen LogP contribution in [0.4, 0.5) is 5.69 Å². The Hall–Kier alpha value is -2.67. The fourth-order valence-corrected chi connectivity index (χ4v) is 4.19. The zero-order chi connectivity index (χ0) is 16.6. The van der Waals surface area contributed by atoms with Crippen molar-refractivity contribution >= 4 is 27.5 Å². The first-order chi connectivity index (χ1) is 10.9. The van der Waals surface area contributed by atoms with Crippen LogP contribution in [0.5, 0.6) is 0 Å². The van der Waals surface area contributed by atoms with Crippen LogP contribution in [0.2, 0.25) is 0 Å². The molecule has 2 aromatic rings. The standard InChI is InChI=1S/C16H14N2O4S/c1-11(15(19)17-12-7-3-2-4-8-12)18-16(20)13-9-5-6-10-14(13)23(18,21)22/h2-11H,1H3,(H,17,19)/t11-/m1/s1. The fourth-order valence-electron chi connectivity index (χ4n) is 2.46. The first-order valence-electron chi connectivity index (χ1n) is 6.96. The molecule has 0 aromatic heterocycles. The van der Waals surface area contributed by atoms with E-state index in [0.717, 1.165) is 0 Å². The normalized spacial score (nSPS) is 16.7. The minimum absolute atomic E-state index is 0.0654. The van der Waals surface area contributed by atoms with Gasteiger partial charge in [-0.25, -0.2) is 12.7 Å². The molecule has 3 rings (SSSR count). The molecule has 0 fully saturated rings. The number of carbonyl (C=O) groups is 2. The highest BCUT2D eigenvalue weighted by molar-refractivity contribution is 7.90. The van der Waals surface area contributed by atoms with Gasteiger partial charge in [-0.2, -0.15) is 0 Å². The van der Waals surface area contributed by atoms with Crippen molar-refractivity contribution in [3.05, 3.63) is 60.2 Å². The Labute approximate surface area is 133 Å². The van der Waals surface area contributed by atoms with Crippen molar-refractivity contribution < 1.29 is 18.0 Å². The number of hydrogen-bond donors (Lipinski definition) is 1. The van der Waals surface area contributed by atoms with Gasteiger partial charge in [0.15, 0.2) is 0 Å². The van der Waals surface area contributed by atoms with Crippen LogP contribution in [0.25, 0.3) is 0 Å². The zero-order valence-electron chi connectivity index (χ0n) is 12.3. The molecule has 23 heavy (non-hydrogen) atoms. The summed E-state index contributed by atoms with van der Waals surface area (Å²) in [5.74, 6) is -1.25. The van der Waals surface area contributed by atoms with Gasteiger partial charge in [0.2, 0.25) is 5.91 Å². The molecule has 0 radical (unpaired) electrons. The van der Waals surface area contributed by atoms with Crippen LogP contribution in [0.3, 0.4) is 0 Å². The molecule has 0 spiro atoms. The lowest BCUT2D eigenvalue weighted by molar-refractivity contribution is -0.118. The lowest BCUT2D eigenvalue weighted by Gasteiger charge is -2.22. The molecule has 0 unspecified atom stereocenters. The minimum Gasteiger partial charge on any atom is -0.324 e. The van der Waals surface area contributed by atoms with Gasteiger partial charge in [-0.15, -0.1) is 0 Å². The van der Waals surface area contributed by atoms with Crippen molar-refractivity contribution in [2.45, 2.75) is 17.9 Å². The molecule has 6 nitrogen and oxygen atoms in total. The lowest BCUT2D eigenvalue weighted by Crippen LogP contribution is -2.45. The smallest absolute Gasteiger partial charge is 0.269 e. The SMILES string of the molecule is C[C@H](C(=O)Nc1ccccc1)N1C(=O)c2ccccc2S1(=O)=O. The van der Waals surface area contributed by atoms with E-state index in [1.165, 1.54) is 19.1 Å². The molecule has 118 valence electrons. The predicted octanol–water partition coefficient (Wildman–Crippen LogP) is 1.86. The van der Waals surface area contributed by atoms with Gasteiger partial charge in [0.1, 0.15) is 10.9 Å². The molecule has 0 aliphatic carbocycles. The molecule has 1 heterocycles. The summed E-state index contributed by atoms with van der Waals surface area (Å²) >= 11 is 0. The quantitative estimate of drug-likeness (QED) is 0.931. The third-order valence-electron chi connectivity index (χ3n) is 3.63. The summed E-state index contributed by atoms with van der Waals surface area (Å²) < 4.78 is 25.7. The van der Waals surface area contributed by atoms with E-state index in [-0.39, 0.29) is 10.5 Å². The molecule has 0 saturated carbocycles. The van der Waals surface area contributed by atoms with E-state index in [2.05, 4.69) is 5.32 Å². The van der Waals surface area contributed by atoms with Gasteiger partial charge in [0.05, 0.1) is 5.56 Å². The molecule has 2 amide bonds. The molecular weight excluding hydrogens is 316 g/mol. The molecular formula is C16H14N2O4S. The predicted molar refractivity (Wildman–Crippen MR) is 84.3 cm³/mol. The summed E-state index contributed by atoms with van der Waals surface area (Å²) in [5, 5.41) is 2.61. The number of benzene rings is 2. The van der Waals surface area contributed by atoms with Crippen molar-refractivity contribution in [1.29, 1.82) is 0 Å². The first-order valence-corrected chi connectivity index (χ1v) is 8.40. The third-order valence-corrected chi connectivity index (χ3v) is 5.54. The van der Waals surface area contributed by atoms with E-state index in [9.17, 15) is 18.0 Å². The van der Waals surface area contributed by atoms with Crippen molar-refractivity contribution in [1.82, 2.24) is 4.31 Å². The van der Waals surface area contributed by atoms with Crippen LogP contribution < -0.4 is 5.32 Å². The maximum atomic E-state index is 12.5. The fraction of sp³-hybridized carbons (Fsp3) is 0.125. The number of hydrogen-bond acceptors (Lipinski definition) is 4. The molecule has 7 heteroatoms. The number of amides is 2. The Morgan fingerprint density at radius 1 is 1.04 bits per heavy atom. The summed E-state index contributed by atoms with van der Waals surface area (Å²) in [6, 6.07) is 13.4. The zero-order valence-corrected chi connectivity index (χ0v) is 13.1. The van der Waals surface area contributed by atoms with Crippen molar-refractivity contribution in [2.24, 2.45) is 0 Å². The van der Waals surface area contributed by atoms with Gasteiger partial charge >= 0.3 is 0 Å². The van der Waals surface area contributed by atoms with Crippen LogP contribution in [0.15, 0.2) is 59.5 Å². The summed E-state index contributed by atoms with van der Waals surface area (Å²) in [6.45, 7) is 1.39. The monoisotopic (exact) mass is 330 g/mol. The van der Waals surface area contributed by atoms with E-state index in [1.807, 2.05) is 0 Å². The average Bonchev–Trinajstić information content (AvgIpc) is 2.75. The van der Waals surface area contributed by atoms with Crippen LogP contribution >= 0.6 is 0 Å². The molecule has 1 aliphatic heterocycles. The van der Waals surface area contributed by atoms with Crippen LogP contribution in [0, 0.1) is 0 Å². The molecule has 1 atom stereocenters. The van der Waals surface area contributed by atoms with Crippen molar-refractivity contribution in [2.75, 3.05) is 5.32 Å². The maximum absolute atomic E-state index is 12.5. The number of carbonyl (C=O) groups excluding carboxylic acids is 2. The number of fused-ring (bicyclic) bond motifs is 1. The Morgan fingerprint density at radius 2 is 1.65 bits per heavy atom. The van der Waals surface area contributed by atoms with Crippen molar-refractivity contribution in [3.8, 4) is 0 Å². The lowest BCUT2D eigenvalue weighted by atomic mass is 10.2. The van der Waals surface area contributed by atoms with E-state index in [0.29, 0.717) is 9.99 Å². The highest BCUT2D eigenvalue weighted by Crippen LogP contribution is 2.31. The Morgan fingerprint density at radius 3 is 2.30 bits per heavy atom. The second-order valence-electron chi connectivity index (χ2n) is 5.13. The summed E-state index contributed by atoms with van der Waals surface area (Å²) in [6.07, 6.45) is 0. The number of rotatable bonds is 3. The second-order valence-corrected chi connectivity index (χ2v) is 6.92. The largest absolute Gasteiger partial charge is 0.324 e. The first kappa shape index (κ1) is 15.2. The number of sulfonamides is 1. The van der Waals surface area contributed by atoms with E-state index < -0.39 is 27.9 Å². The van der Waals surface area contributed by atoms with Gasteiger partial charge in [0.25, 0.3) is 15.9 Å². The molecule has 1 N–H and O–H groups in total. The Kier molecular flexibility index (Phi) is 3.65. The summed E-state index contributed by atoms with van der Waals surface area (Å²) in [4.78, 5) is 24.6. The van der Waals surface area contributed by atoms with E-state index in [4.69, 9.17) is 0 Å². The van der Waals surface area contributed by atoms with Gasteiger partial charge in [-0.05, 0) is 31.2 Å². The van der Waals surface area contributed by atoms with E-state index in [1.54, 1.807) is 42.5 Å². The number of nitrogens with zero attached hydrogens (tertiary/aromatic N) is 1. The maximum Gasteiger partial charge on any atom is 0.269 e. The third kappa shape index (κ3) is 2.49. The Bertz CT molecular complexity index is 878. The minimum atomic E-state index is -4.01. The average molecular weight is 330 g/mol. The number of para-hydroxylation sites is 1.